The van der Waals surface area contributed by atoms with E-state index in [9.17, 15) is 4.79 Å². The first-order valence-corrected chi connectivity index (χ1v) is 9.58. The monoisotopic (exact) mass is 332 g/mol. The van der Waals surface area contributed by atoms with Gasteiger partial charge < -0.3 is 10.2 Å². The fourth-order valence-electron chi connectivity index (χ4n) is 4.22. The van der Waals surface area contributed by atoms with Gasteiger partial charge in [-0.1, -0.05) is 26.7 Å². The summed E-state index contributed by atoms with van der Waals surface area (Å²) in [5, 5.41) is 7.60. The Hall–Kier alpha value is -1.36. The number of likely N-dealkylation sites (tertiary alicyclic amines) is 1. The molecule has 0 aromatic carbocycles. The molecule has 1 aromatic heterocycles. The van der Waals surface area contributed by atoms with E-state index in [1.165, 1.54) is 38.6 Å². The van der Waals surface area contributed by atoms with Crippen molar-refractivity contribution in [2.45, 2.75) is 58.4 Å². The van der Waals surface area contributed by atoms with Crippen molar-refractivity contribution in [2.24, 2.45) is 18.9 Å². The van der Waals surface area contributed by atoms with Crippen LogP contribution in [0, 0.1) is 11.8 Å². The van der Waals surface area contributed by atoms with E-state index < -0.39 is 0 Å². The van der Waals surface area contributed by atoms with E-state index in [4.69, 9.17) is 0 Å². The first kappa shape index (κ1) is 17.5. The SMILES string of the molecule is CC(C)Cc1cc(C(=O)NC[C@H]2CCN(C3CCCC3)C2)n(C)n1. The normalized spacial score (nSPS) is 22.6. The van der Waals surface area contributed by atoms with Crippen LogP contribution in [0.3, 0.4) is 0 Å². The Balaban J connectivity index is 1.48. The number of hydrogen-bond donors (Lipinski definition) is 1. The Morgan fingerprint density at radius 3 is 2.79 bits per heavy atom. The lowest BCUT2D eigenvalue weighted by Crippen LogP contribution is -2.34. The number of aromatic nitrogens is 2. The molecule has 1 amide bonds. The topological polar surface area (TPSA) is 50.2 Å². The molecule has 1 saturated heterocycles. The Morgan fingerprint density at radius 2 is 2.08 bits per heavy atom. The highest BCUT2D eigenvalue weighted by molar-refractivity contribution is 5.92. The van der Waals surface area contributed by atoms with Gasteiger partial charge >= 0.3 is 0 Å². The van der Waals surface area contributed by atoms with Gasteiger partial charge in [0.15, 0.2) is 0 Å². The van der Waals surface area contributed by atoms with Crippen LogP contribution in [0.2, 0.25) is 0 Å². The smallest absolute Gasteiger partial charge is 0.269 e. The van der Waals surface area contributed by atoms with Crippen molar-refractivity contribution < 1.29 is 4.79 Å². The van der Waals surface area contributed by atoms with Gasteiger partial charge in [0, 0.05) is 26.2 Å². The predicted molar refractivity (Wildman–Crippen MR) is 96.0 cm³/mol. The summed E-state index contributed by atoms with van der Waals surface area (Å²) >= 11 is 0. The first-order valence-electron chi connectivity index (χ1n) is 9.58. The van der Waals surface area contributed by atoms with Crippen LogP contribution in [0.5, 0.6) is 0 Å². The van der Waals surface area contributed by atoms with Crippen LogP contribution in [-0.2, 0) is 13.5 Å². The van der Waals surface area contributed by atoms with Crippen LogP contribution in [0.25, 0.3) is 0 Å². The van der Waals surface area contributed by atoms with E-state index in [0.29, 0.717) is 17.5 Å². The minimum atomic E-state index is 0.0133. The fraction of sp³-hybridized carbons (Fsp3) is 0.789. The van der Waals surface area contributed by atoms with Crippen LogP contribution in [0.1, 0.15) is 62.1 Å². The molecule has 134 valence electrons. The molecule has 0 spiro atoms. The molecule has 2 aliphatic rings. The molecule has 1 aromatic rings. The lowest BCUT2D eigenvalue weighted by atomic mass is 10.1. The standard InChI is InChI=1S/C19H32N4O/c1-14(2)10-16-11-18(22(3)21-16)19(24)20-12-15-8-9-23(13-15)17-6-4-5-7-17/h11,14-15,17H,4-10,12-13H2,1-3H3,(H,20,24)/t15-/m1/s1. The molecule has 1 aliphatic heterocycles. The second kappa shape index (κ2) is 7.68. The van der Waals surface area contributed by atoms with E-state index in [1.807, 2.05) is 13.1 Å². The van der Waals surface area contributed by atoms with Gasteiger partial charge in [-0.15, -0.1) is 0 Å². The van der Waals surface area contributed by atoms with Gasteiger partial charge in [-0.2, -0.15) is 5.10 Å². The van der Waals surface area contributed by atoms with Gasteiger partial charge in [-0.25, -0.2) is 0 Å². The number of nitrogens with zero attached hydrogens (tertiary/aromatic N) is 3. The predicted octanol–water partition coefficient (Wildman–Crippen LogP) is 2.61. The highest BCUT2D eigenvalue weighted by Crippen LogP contribution is 2.28. The lowest BCUT2D eigenvalue weighted by Gasteiger charge is -2.23. The summed E-state index contributed by atoms with van der Waals surface area (Å²) < 4.78 is 1.71. The third-order valence-electron chi connectivity index (χ3n) is 5.49. The van der Waals surface area contributed by atoms with E-state index in [0.717, 1.165) is 31.2 Å². The third kappa shape index (κ3) is 4.18. The van der Waals surface area contributed by atoms with E-state index in [-0.39, 0.29) is 5.91 Å². The Kier molecular flexibility index (Phi) is 5.59. The average Bonchev–Trinajstić information content (AvgIpc) is 3.24. The molecule has 0 radical (unpaired) electrons. The van der Waals surface area contributed by atoms with Crippen molar-refractivity contribution in [1.82, 2.24) is 20.0 Å². The second-order valence-electron chi connectivity index (χ2n) is 8.04. The van der Waals surface area contributed by atoms with Crippen molar-refractivity contribution >= 4 is 5.91 Å². The molecule has 2 fully saturated rings. The maximum absolute atomic E-state index is 12.5. The second-order valence-corrected chi connectivity index (χ2v) is 8.04. The molecule has 5 heteroatoms. The maximum atomic E-state index is 12.5. The van der Waals surface area contributed by atoms with Crippen LogP contribution in [-0.4, -0.2) is 46.3 Å². The molecule has 1 atom stereocenters. The quantitative estimate of drug-likeness (QED) is 0.871. The summed E-state index contributed by atoms with van der Waals surface area (Å²) in [5.41, 5.74) is 1.68. The number of hydrogen-bond acceptors (Lipinski definition) is 3. The zero-order chi connectivity index (χ0) is 17.1. The molecular weight excluding hydrogens is 300 g/mol. The average molecular weight is 332 g/mol. The molecule has 2 heterocycles. The molecule has 1 saturated carbocycles. The highest BCUT2D eigenvalue weighted by atomic mass is 16.2. The van der Waals surface area contributed by atoms with Crippen LogP contribution in [0.15, 0.2) is 6.07 Å². The number of rotatable bonds is 6. The van der Waals surface area contributed by atoms with Crippen molar-refractivity contribution in [3.8, 4) is 0 Å². The summed E-state index contributed by atoms with van der Waals surface area (Å²) in [5.74, 6) is 1.16. The molecule has 24 heavy (non-hydrogen) atoms. The van der Waals surface area contributed by atoms with Crippen LogP contribution in [0.4, 0.5) is 0 Å². The summed E-state index contributed by atoms with van der Waals surface area (Å²) in [6, 6.07) is 2.75. The molecular formula is C19H32N4O. The van der Waals surface area contributed by atoms with Gasteiger partial charge in [0.1, 0.15) is 5.69 Å². The molecule has 0 unspecified atom stereocenters. The van der Waals surface area contributed by atoms with E-state index in [1.54, 1.807) is 4.68 Å². The van der Waals surface area contributed by atoms with Gasteiger partial charge in [0.2, 0.25) is 0 Å². The van der Waals surface area contributed by atoms with Crippen LogP contribution < -0.4 is 5.32 Å². The molecule has 3 rings (SSSR count). The number of carbonyl (C=O) groups excluding carboxylic acids is 1. The Morgan fingerprint density at radius 1 is 1.33 bits per heavy atom. The largest absolute Gasteiger partial charge is 0.350 e. The Labute approximate surface area is 145 Å². The van der Waals surface area contributed by atoms with Gasteiger partial charge in [0.05, 0.1) is 5.69 Å². The van der Waals surface area contributed by atoms with Crippen molar-refractivity contribution in [3.05, 3.63) is 17.5 Å². The summed E-state index contributed by atoms with van der Waals surface area (Å²) in [7, 11) is 1.86. The fourth-order valence-corrected chi connectivity index (χ4v) is 4.22. The van der Waals surface area contributed by atoms with Gasteiger partial charge in [-0.05, 0) is 50.1 Å². The summed E-state index contributed by atoms with van der Waals surface area (Å²) in [4.78, 5) is 15.1. The number of amides is 1. The Bertz CT molecular complexity index is 560. The summed E-state index contributed by atoms with van der Waals surface area (Å²) in [6.07, 6.45) is 7.64. The van der Waals surface area contributed by atoms with E-state index >= 15 is 0 Å². The molecule has 1 aliphatic carbocycles. The number of nitrogens with one attached hydrogen (secondary N) is 1. The molecule has 5 nitrogen and oxygen atoms in total. The zero-order valence-electron chi connectivity index (χ0n) is 15.4. The minimum Gasteiger partial charge on any atom is -0.350 e. The zero-order valence-corrected chi connectivity index (χ0v) is 15.4. The lowest BCUT2D eigenvalue weighted by molar-refractivity contribution is 0.0937. The minimum absolute atomic E-state index is 0.0133. The summed E-state index contributed by atoms with van der Waals surface area (Å²) in [6.45, 7) is 7.48. The number of carbonyl (C=O) groups is 1. The van der Waals surface area contributed by atoms with Crippen LogP contribution >= 0.6 is 0 Å². The van der Waals surface area contributed by atoms with Crippen molar-refractivity contribution in [3.63, 3.8) is 0 Å². The maximum Gasteiger partial charge on any atom is 0.269 e. The molecule has 1 N–H and O–H groups in total. The third-order valence-corrected chi connectivity index (χ3v) is 5.49. The van der Waals surface area contributed by atoms with Gasteiger partial charge in [0.25, 0.3) is 5.91 Å². The highest BCUT2D eigenvalue weighted by Gasteiger charge is 2.30. The van der Waals surface area contributed by atoms with Gasteiger partial charge in [-0.3, -0.25) is 9.48 Å². The molecule has 0 bridgehead atoms. The van der Waals surface area contributed by atoms with E-state index in [2.05, 4.69) is 29.2 Å². The van der Waals surface area contributed by atoms with Crippen molar-refractivity contribution in [2.75, 3.05) is 19.6 Å². The number of aryl methyl sites for hydroxylation is 1. The first-order chi connectivity index (χ1) is 11.5. The van der Waals surface area contributed by atoms with Crippen molar-refractivity contribution in [1.29, 1.82) is 0 Å².